The van der Waals surface area contributed by atoms with Gasteiger partial charge in [0.2, 0.25) is 0 Å². The van der Waals surface area contributed by atoms with E-state index in [9.17, 15) is 28.8 Å². The predicted molar refractivity (Wildman–Crippen MR) is 120 cm³/mol. The molecule has 184 valence electrons. The number of fused-ring (bicyclic) bond motifs is 1. The minimum atomic E-state index is -1.09. The molecule has 0 N–H and O–H groups in total. The lowest BCUT2D eigenvalue weighted by Crippen LogP contribution is -2.39. The number of imidazole rings is 1. The van der Waals surface area contributed by atoms with Gasteiger partial charge >= 0.3 is 34.8 Å². The summed E-state index contributed by atoms with van der Waals surface area (Å²) in [7, 11) is 0. The molecule has 2 aromatic rings. The molecule has 14 heteroatoms. The third kappa shape index (κ3) is 5.71. The average molecular weight is 487 g/mol. The third-order valence-electron chi connectivity index (χ3n) is 4.54. The van der Waals surface area contributed by atoms with Crippen molar-refractivity contribution < 1.29 is 28.6 Å². The Morgan fingerprint density at radius 3 is 1.54 bits per heavy atom. The number of ether oxygens (including phenoxy) is 3. The number of hydrogen-bond donors (Lipinski definition) is 0. The van der Waals surface area contributed by atoms with Crippen LogP contribution in [-0.2, 0) is 48.2 Å². The molecule has 0 radical (unpaired) electrons. The lowest BCUT2D eigenvalue weighted by Gasteiger charge is -2.10. The molecule has 0 saturated carbocycles. The van der Waals surface area contributed by atoms with Gasteiger partial charge in [0.25, 0.3) is 0 Å². The van der Waals surface area contributed by atoms with Crippen LogP contribution in [0.5, 0.6) is 0 Å². The van der Waals surface area contributed by atoms with Crippen molar-refractivity contribution in [2.75, 3.05) is 19.8 Å². The second kappa shape index (κ2) is 11.8. The number of hydrogen-bond acceptors (Lipinski definition) is 9. The van der Waals surface area contributed by atoms with Gasteiger partial charge in [-0.25, -0.2) is 24.0 Å². The zero-order chi connectivity index (χ0) is 26.1. The van der Waals surface area contributed by atoms with Crippen molar-refractivity contribution in [2.24, 2.45) is 0 Å². The summed E-state index contributed by atoms with van der Waals surface area (Å²) in [6, 6.07) is 0. The van der Waals surface area contributed by atoms with E-state index in [0.717, 1.165) is 31.9 Å². The molecule has 0 bridgehead atoms. The molecular weight excluding hydrogens is 466 g/mol. The van der Waals surface area contributed by atoms with Gasteiger partial charge in [-0.2, -0.15) is 6.57 Å². The molecule has 0 amide bonds. The van der Waals surface area contributed by atoms with E-state index in [-0.39, 0.29) is 55.3 Å². The zero-order valence-electron chi connectivity index (χ0n) is 18.5. The molecule has 0 saturated heterocycles. The Kier molecular flexibility index (Phi) is 8.87. The maximum atomic E-state index is 13.2. The smallest absolute Gasteiger partial charge is 0.401 e. The molecule has 0 aliphatic carbocycles. The molecule has 0 unspecified atom stereocenters. The molecule has 2 aromatic heterocycles. The van der Waals surface area contributed by atoms with E-state index in [1.807, 2.05) is 0 Å². The summed E-state index contributed by atoms with van der Waals surface area (Å²) in [5.41, 5.74) is -3.53. The number of carbonyl (C=O) groups is 3. The van der Waals surface area contributed by atoms with Crippen LogP contribution in [0.4, 0.5) is 0 Å². The van der Waals surface area contributed by atoms with Crippen LogP contribution < -0.4 is 16.9 Å². The number of nitrogens with zero attached hydrogens (tertiary/aromatic N) is 5. The fourth-order valence-corrected chi connectivity index (χ4v) is 3.05. The minimum absolute atomic E-state index is 0.204. The first-order chi connectivity index (χ1) is 16.7. The molecule has 0 aliphatic rings. The molecule has 0 atom stereocenters. The second-order valence-corrected chi connectivity index (χ2v) is 6.52. The standard InChI is InChI=1S/C21H21N5O9/c1-5-14(27)33-11-8-23-17-18(24(20(23)31)9-12-34-15(28)6-2)25(10-13-35-16(29)7-3)21(32)26(22-4)19(17)30/h5-7H,1-3,8-13H2. The highest BCUT2D eigenvalue weighted by atomic mass is 16.5. The van der Waals surface area contributed by atoms with Gasteiger partial charge in [-0.05, 0) is 0 Å². The Bertz CT molecular complexity index is 1410. The topological polar surface area (TPSA) is 154 Å². The monoisotopic (exact) mass is 487 g/mol. The van der Waals surface area contributed by atoms with Crippen LogP contribution in [0, 0.1) is 6.57 Å². The maximum absolute atomic E-state index is 13.2. The number of carbonyl (C=O) groups excluding carboxylic acids is 3. The highest BCUT2D eigenvalue weighted by Crippen LogP contribution is 2.09. The molecule has 35 heavy (non-hydrogen) atoms. The van der Waals surface area contributed by atoms with E-state index in [2.05, 4.69) is 24.7 Å². The van der Waals surface area contributed by atoms with Crippen LogP contribution in [0.2, 0.25) is 0 Å². The molecule has 0 aromatic carbocycles. The molecule has 0 spiro atoms. The molecule has 2 heterocycles. The highest BCUT2D eigenvalue weighted by molar-refractivity contribution is 5.82. The fourth-order valence-electron chi connectivity index (χ4n) is 3.05. The Morgan fingerprint density at radius 2 is 1.14 bits per heavy atom. The quantitative estimate of drug-likeness (QED) is 0.159. The normalized spacial score (nSPS) is 10.3. The Labute approximate surface area is 196 Å². The largest absolute Gasteiger partial charge is 0.461 e. The SMILES string of the molecule is [C-]#[N+]n1c(=O)c2c(n(CCOC(=O)C=C)c1=O)n(CCOC(=O)C=C)c(=O)n2CCOC(=O)C=C. The van der Waals surface area contributed by atoms with E-state index in [1.165, 1.54) is 0 Å². The Balaban J connectivity index is 2.72. The summed E-state index contributed by atoms with van der Waals surface area (Å²) in [6.45, 7) is 15.1. The zero-order valence-corrected chi connectivity index (χ0v) is 18.5. The van der Waals surface area contributed by atoms with Crippen molar-refractivity contribution in [1.82, 2.24) is 18.4 Å². The van der Waals surface area contributed by atoms with E-state index < -0.39 is 34.8 Å². The summed E-state index contributed by atoms with van der Waals surface area (Å²) in [6.07, 6.45) is 2.73. The summed E-state index contributed by atoms with van der Waals surface area (Å²) >= 11 is 0. The molecule has 0 aliphatic heterocycles. The van der Waals surface area contributed by atoms with Gasteiger partial charge in [-0.3, -0.25) is 18.5 Å². The summed E-state index contributed by atoms with van der Waals surface area (Å²) in [4.78, 5) is 76.1. The van der Waals surface area contributed by atoms with E-state index in [1.54, 1.807) is 0 Å². The lowest BCUT2D eigenvalue weighted by atomic mass is 10.4. The van der Waals surface area contributed by atoms with Gasteiger partial charge in [-0.15, -0.1) is 4.95 Å². The lowest BCUT2D eigenvalue weighted by molar-refractivity contribution is -0.138. The van der Waals surface area contributed by atoms with Crippen LogP contribution in [0.3, 0.4) is 0 Å². The number of aromatic nitrogens is 4. The van der Waals surface area contributed by atoms with E-state index >= 15 is 0 Å². The van der Waals surface area contributed by atoms with Gasteiger partial charge < -0.3 is 14.2 Å². The third-order valence-corrected chi connectivity index (χ3v) is 4.54. The first-order valence-electron chi connectivity index (χ1n) is 9.96. The summed E-state index contributed by atoms with van der Waals surface area (Å²) in [5.74, 6) is -2.30. The summed E-state index contributed by atoms with van der Waals surface area (Å²) < 4.78 is 17.7. The maximum Gasteiger partial charge on any atom is 0.401 e. The van der Waals surface area contributed by atoms with E-state index in [4.69, 9.17) is 20.8 Å². The van der Waals surface area contributed by atoms with Gasteiger partial charge in [0.1, 0.15) is 19.8 Å². The minimum Gasteiger partial charge on any atom is -0.461 e. The number of rotatable bonds is 12. The average Bonchev–Trinajstić information content (AvgIpc) is 3.12. The first kappa shape index (κ1) is 26.3. The summed E-state index contributed by atoms with van der Waals surface area (Å²) in [5, 5.41) is 0. The first-order valence-corrected chi connectivity index (χ1v) is 9.96. The van der Waals surface area contributed by atoms with Gasteiger partial charge in [0, 0.05) is 18.2 Å². The fraction of sp³-hybridized carbons (Fsp3) is 0.286. The van der Waals surface area contributed by atoms with Crippen molar-refractivity contribution in [3.63, 3.8) is 0 Å². The van der Waals surface area contributed by atoms with Crippen LogP contribution in [-0.4, -0.2) is 56.1 Å². The van der Waals surface area contributed by atoms with Gasteiger partial charge in [-0.1, -0.05) is 19.7 Å². The van der Waals surface area contributed by atoms with Crippen molar-refractivity contribution >= 4 is 29.1 Å². The van der Waals surface area contributed by atoms with E-state index in [0.29, 0.717) is 0 Å². The van der Waals surface area contributed by atoms with Crippen molar-refractivity contribution in [3.05, 3.63) is 80.8 Å². The van der Waals surface area contributed by atoms with Gasteiger partial charge in [0.15, 0.2) is 11.2 Å². The van der Waals surface area contributed by atoms with Crippen LogP contribution in [0.25, 0.3) is 16.1 Å². The number of esters is 3. The van der Waals surface area contributed by atoms with Crippen LogP contribution in [0.15, 0.2) is 52.3 Å². The van der Waals surface area contributed by atoms with Crippen molar-refractivity contribution in [2.45, 2.75) is 19.6 Å². The molecular formula is C21H21N5O9. The van der Waals surface area contributed by atoms with Crippen LogP contribution in [0.1, 0.15) is 0 Å². The predicted octanol–water partition coefficient (Wildman–Crippen LogP) is -1.00. The molecule has 14 nitrogen and oxygen atoms in total. The van der Waals surface area contributed by atoms with Crippen LogP contribution >= 0.6 is 0 Å². The molecule has 2 rings (SSSR count). The Hall–Kier alpha value is -4.93. The van der Waals surface area contributed by atoms with Gasteiger partial charge in [0.05, 0.1) is 24.3 Å². The van der Waals surface area contributed by atoms with Crippen molar-refractivity contribution in [3.8, 4) is 0 Å². The second-order valence-electron chi connectivity index (χ2n) is 6.52. The highest BCUT2D eigenvalue weighted by Gasteiger charge is 2.26. The Morgan fingerprint density at radius 1 is 0.743 bits per heavy atom. The van der Waals surface area contributed by atoms with Crippen molar-refractivity contribution in [1.29, 1.82) is 0 Å². The molecule has 0 fully saturated rings.